The third-order valence-corrected chi connectivity index (χ3v) is 1.89. The normalized spacial score (nSPS) is 10.5. The van der Waals surface area contributed by atoms with Crippen molar-refractivity contribution < 1.29 is 4.74 Å². The Bertz CT molecular complexity index is 313. The Morgan fingerprint density at radius 2 is 2.13 bits per heavy atom. The van der Waals surface area contributed by atoms with Gasteiger partial charge in [0.2, 0.25) is 5.88 Å². The van der Waals surface area contributed by atoms with Crippen molar-refractivity contribution in [1.82, 2.24) is 9.97 Å². The standard InChI is InChI=1S/C11H19N3O/c1-5-15-11-7-9(12-4)13-10(14-11)6-8(2)3/h7-8H,5-6H2,1-4H3,(H,12,13,14). The molecule has 15 heavy (non-hydrogen) atoms. The van der Waals surface area contributed by atoms with Crippen LogP contribution in [0.1, 0.15) is 26.6 Å². The van der Waals surface area contributed by atoms with Gasteiger partial charge in [0.1, 0.15) is 11.6 Å². The second-order valence-electron chi connectivity index (χ2n) is 3.79. The monoisotopic (exact) mass is 209 g/mol. The fraction of sp³-hybridized carbons (Fsp3) is 0.636. The molecule has 1 aromatic rings. The molecule has 0 fully saturated rings. The van der Waals surface area contributed by atoms with E-state index >= 15 is 0 Å². The van der Waals surface area contributed by atoms with Crippen LogP contribution in [0.5, 0.6) is 5.88 Å². The second-order valence-corrected chi connectivity index (χ2v) is 3.79. The van der Waals surface area contributed by atoms with Crippen LogP contribution in [-0.2, 0) is 6.42 Å². The Hall–Kier alpha value is -1.32. The molecule has 0 spiro atoms. The zero-order valence-electron chi connectivity index (χ0n) is 9.87. The number of nitrogens with one attached hydrogen (secondary N) is 1. The Labute approximate surface area is 91.1 Å². The molecule has 0 aliphatic heterocycles. The summed E-state index contributed by atoms with van der Waals surface area (Å²) in [6.45, 7) is 6.87. The lowest BCUT2D eigenvalue weighted by atomic mass is 10.1. The Morgan fingerprint density at radius 3 is 2.67 bits per heavy atom. The average molecular weight is 209 g/mol. The van der Waals surface area contributed by atoms with E-state index in [9.17, 15) is 0 Å². The molecule has 0 aromatic carbocycles. The van der Waals surface area contributed by atoms with Gasteiger partial charge in [0.05, 0.1) is 6.61 Å². The molecule has 0 saturated heterocycles. The molecule has 0 atom stereocenters. The average Bonchev–Trinajstić information content (AvgIpc) is 2.16. The lowest BCUT2D eigenvalue weighted by Crippen LogP contribution is -2.06. The van der Waals surface area contributed by atoms with Crippen molar-refractivity contribution in [3.63, 3.8) is 0 Å². The molecule has 0 aliphatic rings. The summed E-state index contributed by atoms with van der Waals surface area (Å²) in [6.07, 6.45) is 0.871. The second kappa shape index (κ2) is 5.53. The molecular formula is C11H19N3O. The fourth-order valence-corrected chi connectivity index (χ4v) is 1.28. The molecule has 0 radical (unpaired) electrons. The number of hydrogen-bond acceptors (Lipinski definition) is 4. The SMILES string of the molecule is CCOc1cc(NC)nc(CC(C)C)n1. The van der Waals surface area contributed by atoms with Crippen LogP contribution in [0, 0.1) is 5.92 Å². The van der Waals surface area contributed by atoms with E-state index in [1.165, 1.54) is 0 Å². The van der Waals surface area contributed by atoms with Crippen LogP contribution in [0.25, 0.3) is 0 Å². The summed E-state index contributed by atoms with van der Waals surface area (Å²) in [4.78, 5) is 8.71. The first-order chi connectivity index (χ1) is 7.15. The van der Waals surface area contributed by atoms with E-state index in [1.807, 2.05) is 20.0 Å². The summed E-state index contributed by atoms with van der Waals surface area (Å²) in [5.41, 5.74) is 0. The summed E-state index contributed by atoms with van der Waals surface area (Å²) in [7, 11) is 1.84. The van der Waals surface area contributed by atoms with E-state index in [1.54, 1.807) is 0 Å². The highest BCUT2D eigenvalue weighted by atomic mass is 16.5. The molecule has 84 valence electrons. The number of nitrogens with zero attached hydrogens (tertiary/aromatic N) is 2. The zero-order valence-corrected chi connectivity index (χ0v) is 9.87. The maximum atomic E-state index is 5.38. The molecule has 4 heteroatoms. The molecule has 1 aromatic heterocycles. The van der Waals surface area contributed by atoms with Crippen molar-refractivity contribution in [2.24, 2.45) is 5.92 Å². The van der Waals surface area contributed by atoms with Crippen molar-refractivity contribution >= 4 is 5.82 Å². The maximum Gasteiger partial charge on any atom is 0.218 e. The maximum absolute atomic E-state index is 5.38. The van der Waals surface area contributed by atoms with Crippen molar-refractivity contribution in [3.05, 3.63) is 11.9 Å². The van der Waals surface area contributed by atoms with E-state index in [2.05, 4.69) is 29.1 Å². The van der Waals surface area contributed by atoms with Gasteiger partial charge in [-0.25, -0.2) is 4.98 Å². The number of rotatable bonds is 5. The molecular weight excluding hydrogens is 190 g/mol. The van der Waals surface area contributed by atoms with Crippen LogP contribution < -0.4 is 10.1 Å². The summed E-state index contributed by atoms with van der Waals surface area (Å²) in [6, 6.07) is 1.81. The fourth-order valence-electron chi connectivity index (χ4n) is 1.28. The minimum Gasteiger partial charge on any atom is -0.478 e. The van der Waals surface area contributed by atoms with Gasteiger partial charge in [0.25, 0.3) is 0 Å². The third kappa shape index (κ3) is 3.73. The predicted molar refractivity (Wildman–Crippen MR) is 61.3 cm³/mol. The highest BCUT2D eigenvalue weighted by Gasteiger charge is 2.06. The molecule has 0 bridgehead atoms. The Balaban J connectivity index is 2.89. The van der Waals surface area contributed by atoms with Gasteiger partial charge < -0.3 is 10.1 Å². The van der Waals surface area contributed by atoms with Crippen molar-refractivity contribution in [2.45, 2.75) is 27.2 Å². The lowest BCUT2D eigenvalue weighted by molar-refractivity contribution is 0.324. The third-order valence-electron chi connectivity index (χ3n) is 1.89. The first-order valence-electron chi connectivity index (χ1n) is 5.34. The van der Waals surface area contributed by atoms with Gasteiger partial charge in [-0.2, -0.15) is 4.98 Å². The Kier molecular flexibility index (Phi) is 4.34. The van der Waals surface area contributed by atoms with Gasteiger partial charge in [-0.3, -0.25) is 0 Å². The highest BCUT2D eigenvalue weighted by Crippen LogP contribution is 2.15. The van der Waals surface area contributed by atoms with Crippen LogP contribution in [0.2, 0.25) is 0 Å². The van der Waals surface area contributed by atoms with E-state index in [4.69, 9.17) is 4.74 Å². The highest BCUT2D eigenvalue weighted by molar-refractivity contribution is 5.37. The predicted octanol–water partition coefficient (Wildman–Crippen LogP) is 2.12. The first kappa shape index (κ1) is 11.8. The molecule has 0 unspecified atom stereocenters. The van der Waals surface area contributed by atoms with Gasteiger partial charge in [-0.1, -0.05) is 13.8 Å². The molecule has 4 nitrogen and oxygen atoms in total. The Morgan fingerprint density at radius 1 is 1.40 bits per heavy atom. The number of ether oxygens (including phenoxy) is 1. The number of aromatic nitrogens is 2. The number of anilines is 1. The van der Waals surface area contributed by atoms with E-state index < -0.39 is 0 Å². The molecule has 1 heterocycles. The van der Waals surface area contributed by atoms with Gasteiger partial charge >= 0.3 is 0 Å². The summed E-state index contributed by atoms with van der Waals surface area (Å²) < 4.78 is 5.38. The molecule has 0 amide bonds. The van der Waals surface area contributed by atoms with Crippen LogP contribution >= 0.6 is 0 Å². The topological polar surface area (TPSA) is 47.0 Å². The van der Waals surface area contributed by atoms with Crippen molar-refractivity contribution in [3.8, 4) is 5.88 Å². The summed E-state index contributed by atoms with van der Waals surface area (Å²) >= 11 is 0. The largest absolute Gasteiger partial charge is 0.478 e. The van der Waals surface area contributed by atoms with Gasteiger partial charge in [0, 0.05) is 19.5 Å². The molecule has 0 saturated carbocycles. The van der Waals surface area contributed by atoms with Gasteiger partial charge in [0.15, 0.2) is 0 Å². The van der Waals surface area contributed by atoms with Crippen LogP contribution in [0.3, 0.4) is 0 Å². The summed E-state index contributed by atoms with van der Waals surface area (Å²) in [5, 5.41) is 3.01. The van der Waals surface area contributed by atoms with E-state index in [-0.39, 0.29) is 0 Å². The van der Waals surface area contributed by atoms with Crippen LogP contribution in [0.4, 0.5) is 5.82 Å². The van der Waals surface area contributed by atoms with Gasteiger partial charge in [-0.15, -0.1) is 0 Å². The van der Waals surface area contributed by atoms with Crippen molar-refractivity contribution in [2.75, 3.05) is 19.0 Å². The minimum absolute atomic E-state index is 0.548. The van der Waals surface area contributed by atoms with Crippen LogP contribution in [0.15, 0.2) is 6.07 Å². The molecule has 1 N–H and O–H groups in total. The van der Waals surface area contributed by atoms with Gasteiger partial charge in [-0.05, 0) is 12.8 Å². The zero-order chi connectivity index (χ0) is 11.3. The lowest BCUT2D eigenvalue weighted by Gasteiger charge is -2.09. The number of hydrogen-bond donors (Lipinski definition) is 1. The van der Waals surface area contributed by atoms with E-state index in [0.717, 1.165) is 18.1 Å². The van der Waals surface area contributed by atoms with Crippen LogP contribution in [-0.4, -0.2) is 23.6 Å². The molecule has 1 rings (SSSR count). The molecule has 0 aliphatic carbocycles. The van der Waals surface area contributed by atoms with E-state index in [0.29, 0.717) is 18.4 Å². The smallest absolute Gasteiger partial charge is 0.218 e. The quantitative estimate of drug-likeness (QED) is 0.807. The first-order valence-corrected chi connectivity index (χ1v) is 5.34. The summed E-state index contributed by atoms with van der Waals surface area (Å²) in [5.74, 6) is 2.84. The van der Waals surface area contributed by atoms with Crippen molar-refractivity contribution in [1.29, 1.82) is 0 Å². The minimum atomic E-state index is 0.548.